The number of likely N-dealkylation sites (tertiary alicyclic amines) is 1. The molecule has 20 heavy (non-hydrogen) atoms. The van der Waals surface area contributed by atoms with Crippen LogP contribution in [0.15, 0.2) is 0 Å². The predicted octanol–water partition coefficient (Wildman–Crippen LogP) is 2.61. The standard InChI is InChI=1S/C15H26N2O3/c18-14(19)9-8-13-5-1-2-11-17(13)15(20)16-10-3-4-12-6-7-12/h12-13H,1-11H2,(H,16,20)(H,18,19). The number of carboxylic acids is 1. The zero-order chi connectivity index (χ0) is 14.4. The molecule has 0 aromatic heterocycles. The molecule has 1 saturated heterocycles. The van der Waals surface area contributed by atoms with Crippen molar-refractivity contribution in [2.24, 2.45) is 5.92 Å². The van der Waals surface area contributed by atoms with E-state index in [9.17, 15) is 9.59 Å². The second-order valence-corrected chi connectivity index (χ2v) is 6.09. The Balaban J connectivity index is 1.70. The number of carboxylic acid groups (broad SMARTS) is 1. The maximum atomic E-state index is 12.2. The van der Waals surface area contributed by atoms with Gasteiger partial charge >= 0.3 is 12.0 Å². The highest BCUT2D eigenvalue weighted by molar-refractivity contribution is 5.74. The lowest BCUT2D eigenvalue weighted by molar-refractivity contribution is -0.137. The number of hydrogen-bond acceptors (Lipinski definition) is 2. The second kappa shape index (κ2) is 7.50. The third-order valence-corrected chi connectivity index (χ3v) is 4.34. The molecule has 1 heterocycles. The predicted molar refractivity (Wildman–Crippen MR) is 76.6 cm³/mol. The first-order valence-corrected chi connectivity index (χ1v) is 7.93. The van der Waals surface area contributed by atoms with Crippen LogP contribution in [0.4, 0.5) is 4.79 Å². The Morgan fingerprint density at radius 3 is 2.65 bits per heavy atom. The molecule has 1 atom stereocenters. The van der Waals surface area contributed by atoms with E-state index in [0.717, 1.165) is 44.7 Å². The molecule has 0 aromatic rings. The molecule has 5 heteroatoms. The Labute approximate surface area is 120 Å². The van der Waals surface area contributed by atoms with E-state index in [1.54, 1.807) is 0 Å². The molecule has 1 saturated carbocycles. The molecule has 0 spiro atoms. The molecular weight excluding hydrogens is 256 g/mol. The van der Waals surface area contributed by atoms with E-state index in [-0.39, 0.29) is 18.5 Å². The highest BCUT2D eigenvalue weighted by atomic mass is 16.4. The Hall–Kier alpha value is -1.26. The van der Waals surface area contributed by atoms with Crippen LogP contribution >= 0.6 is 0 Å². The molecule has 2 N–H and O–H groups in total. The van der Waals surface area contributed by atoms with Gasteiger partial charge in [-0.15, -0.1) is 0 Å². The first-order valence-electron chi connectivity index (χ1n) is 7.93. The Bertz CT molecular complexity index is 342. The van der Waals surface area contributed by atoms with Crippen LogP contribution in [0.5, 0.6) is 0 Å². The molecule has 2 aliphatic rings. The molecular formula is C15H26N2O3. The maximum absolute atomic E-state index is 12.2. The van der Waals surface area contributed by atoms with Crippen LogP contribution < -0.4 is 5.32 Å². The Morgan fingerprint density at radius 1 is 1.15 bits per heavy atom. The van der Waals surface area contributed by atoms with Gasteiger partial charge in [-0.1, -0.05) is 12.8 Å². The topological polar surface area (TPSA) is 69.6 Å². The summed E-state index contributed by atoms with van der Waals surface area (Å²) in [5.74, 6) is 0.130. The van der Waals surface area contributed by atoms with E-state index in [0.29, 0.717) is 6.42 Å². The lowest BCUT2D eigenvalue weighted by Crippen LogP contribution is -2.49. The number of nitrogens with zero attached hydrogens (tertiary/aromatic N) is 1. The van der Waals surface area contributed by atoms with Gasteiger partial charge < -0.3 is 15.3 Å². The van der Waals surface area contributed by atoms with Crippen molar-refractivity contribution in [2.75, 3.05) is 13.1 Å². The van der Waals surface area contributed by atoms with Gasteiger partial charge in [-0.25, -0.2) is 4.79 Å². The lowest BCUT2D eigenvalue weighted by Gasteiger charge is -2.35. The highest BCUT2D eigenvalue weighted by Gasteiger charge is 2.27. The van der Waals surface area contributed by atoms with E-state index in [1.165, 1.54) is 19.3 Å². The van der Waals surface area contributed by atoms with E-state index in [1.807, 2.05) is 4.90 Å². The summed E-state index contributed by atoms with van der Waals surface area (Å²) in [7, 11) is 0. The third kappa shape index (κ3) is 5.02. The molecule has 0 bridgehead atoms. The molecule has 0 radical (unpaired) electrons. The summed E-state index contributed by atoms with van der Waals surface area (Å²) in [6.07, 6.45) is 8.78. The molecule has 2 amide bonds. The summed E-state index contributed by atoms with van der Waals surface area (Å²) >= 11 is 0. The summed E-state index contributed by atoms with van der Waals surface area (Å²) in [5, 5.41) is 11.8. The van der Waals surface area contributed by atoms with Gasteiger partial charge in [0.05, 0.1) is 0 Å². The van der Waals surface area contributed by atoms with E-state index < -0.39 is 5.97 Å². The number of hydrogen-bond donors (Lipinski definition) is 2. The smallest absolute Gasteiger partial charge is 0.317 e. The lowest BCUT2D eigenvalue weighted by atomic mass is 9.98. The molecule has 114 valence electrons. The number of amides is 2. The minimum absolute atomic E-state index is 0.00381. The molecule has 2 fully saturated rings. The van der Waals surface area contributed by atoms with Gasteiger partial charge in [0, 0.05) is 25.6 Å². The van der Waals surface area contributed by atoms with E-state index >= 15 is 0 Å². The van der Waals surface area contributed by atoms with E-state index in [4.69, 9.17) is 5.11 Å². The summed E-state index contributed by atoms with van der Waals surface area (Å²) in [6, 6.07) is 0.0965. The number of carbonyl (C=O) groups excluding carboxylic acids is 1. The van der Waals surface area contributed by atoms with Gasteiger partial charge in [-0.3, -0.25) is 4.79 Å². The van der Waals surface area contributed by atoms with Crippen LogP contribution in [0.3, 0.4) is 0 Å². The molecule has 1 aliphatic carbocycles. The number of aliphatic carboxylic acids is 1. The Kier molecular flexibility index (Phi) is 5.68. The van der Waals surface area contributed by atoms with Crippen molar-refractivity contribution in [1.82, 2.24) is 10.2 Å². The number of carbonyl (C=O) groups is 2. The average Bonchev–Trinajstić information content (AvgIpc) is 3.25. The summed E-state index contributed by atoms with van der Waals surface area (Å²) < 4.78 is 0. The molecule has 2 rings (SSSR count). The molecule has 1 unspecified atom stereocenters. The fraction of sp³-hybridized carbons (Fsp3) is 0.867. The zero-order valence-electron chi connectivity index (χ0n) is 12.1. The fourth-order valence-corrected chi connectivity index (χ4v) is 2.95. The third-order valence-electron chi connectivity index (χ3n) is 4.34. The fourth-order valence-electron chi connectivity index (χ4n) is 2.95. The summed E-state index contributed by atoms with van der Waals surface area (Å²) in [6.45, 7) is 1.51. The van der Waals surface area contributed by atoms with Gasteiger partial charge in [-0.05, 0) is 44.4 Å². The summed E-state index contributed by atoms with van der Waals surface area (Å²) in [5.41, 5.74) is 0. The number of urea groups is 1. The van der Waals surface area contributed by atoms with Gasteiger partial charge in [0.15, 0.2) is 0 Å². The second-order valence-electron chi connectivity index (χ2n) is 6.09. The number of nitrogens with one attached hydrogen (secondary N) is 1. The zero-order valence-corrected chi connectivity index (χ0v) is 12.1. The van der Waals surface area contributed by atoms with Crippen molar-refractivity contribution in [3.63, 3.8) is 0 Å². The molecule has 1 aliphatic heterocycles. The van der Waals surface area contributed by atoms with Crippen molar-refractivity contribution in [3.8, 4) is 0 Å². The van der Waals surface area contributed by atoms with Gasteiger partial charge in [-0.2, -0.15) is 0 Å². The van der Waals surface area contributed by atoms with Gasteiger partial charge in [0.1, 0.15) is 0 Å². The SMILES string of the molecule is O=C(O)CCC1CCCCN1C(=O)NCCCC1CC1. The monoisotopic (exact) mass is 282 g/mol. The van der Waals surface area contributed by atoms with Crippen LogP contribution in [-0.2, 0) is 4.79 Å². The van der Waals surface area contributed by atoms with Gasteiger partial charge in [0.2, 0.25) is 0 Å². The summed E-state index contributed by atoms with van der Waals surface area (Å²) in [4.78, 5) is 24.7. The highest BCUT2D eigenvalue weighted by Crippen LogP contribution is 2.33. The van der Waals surface area contributed by atoms with Crippen molar-refractivity contribution < 1.29 is 14.7 Å². The van der Waals surface area contributed by atoms with Gasteiger partial charge in [0.25, 0.3) is 0 Å². The van der Waals surface area contributed by atoms with Crippen molar-refractivity contribution in [1.29, 1.82) is 0 Å². The van der Waals surface area contributed by atoms with Crippen LogP contribution in [0, 0.1) is 5.92 Å². The van der Waals surface area contributed by atoms with Crippen molar-refractivity contribution in [3.05, 3.63) is 0 Å². The minimum Gasteiger partial charge on any atom is -0.481 e. The average molecular weight is 282 g/mol. The molecule has 0 aromatic carbocycles. The van der Waals surface area contributed by atoms with E-state index in [2.05, 4.69) is 5.32 Å². The van der Waals surface area contributed by atoms with Crippen LogP contribution in [0.25, 0.3) is 0 Å². The first-order chi connectivity index (χ1) is 9.66. The van der Waals surface area contributed by atoms with Crippen LogP contribution in [-0.4, -0.2) is 41.1 Å². The van der Waals surface area contributed by atoms with Crippen LogP contribution in [0.1, 0.15) is 57.8 Å². The largest absolute Gasteiger partial charge is 0.481 e. The maximum Gasteiger partial charge on any atom is 0.317 e. The number of rotatable bonds is 7. The minimum atomic E-state index is -0.777. The normalized spacial score (nSPS) is 22.6. The Morgan fingerprint density at radius 2 is 1.95 bits per heavy atom. The van der Waals surface area contributed by atoms with Crippen molar-refractivity contribution >= 4 is 12.0 Å². The number of piperidine rings is 1. The van der Waals surface area contributed by atoms with Crippen LogP contribution in [0.2, 0.25) is 0 Å². The first kappa shape index (κ1) is 15.1. The van der Waals surface area contributed by atoms with Crippen molar-refractivity contribution in [2.45, 2.75) is 63.8 Å². The quantitative estimate of drug-likeness (QED) is 0.705. The molecule has 5 nitrogen and oxygen atoms in total.